The van der Waals surface area contributed by atoms with E-state index >= 15 is 0 Å². The Kier molecular flexibility index (Phi) is 7.50. The summed E-state index contributed by atoms with van der Waals surface area (Å²) < 4.78 is 0. The maximum absolute atomic E-state index is 2.51. The average Bonchev–Trinajstić information content (AvgIpc) is 2.76. The molecule has 2 rings (SSSR count). The molecule has 0 spiro atoms. The summed E-state index contributed by atoms with van der Waals surface area (Å²) >= 11 is 0. The fourth-order valence-electron chi connectivity index (χ4n) is 2.83. The molecular weight excluding hydrogens is 217 g/mol. The minimum absolute atomic E-state index is 0. The molecule has 1 aliphatic carbocycles. The summed E-state index contributed by atoms with van der Waals surface area (Å²) in [4.78, 5) is 2.51. The summed E-state index contributed by atoms with van der Waals surface area (Å²) in [5.74, 6) is 1.05. The Morgan fingerprint density at radius 2 is 1.79 bits per heavy atom. The maximum atomic E-state index is 2.51. The average molecular weight is 242 g/mol. The first-order valence-corrected chi connectivity index (χ1v) is 5.41. The van der Waals surface area contributed by atoms with E-state index in [2.05, 4.69) is 25.8 Å². The van der Waals surface area contributed by atoms with Gasteiger partial charge in [0.1, 0.15) is 0 Å². The van der Waals surface area contributed by atoms with Crippen molar-refractivity contribution in [3.05, 3.63) is 0 Å². The third-order valence-electron chi connectivity index (χ3n) is 3.94. The van der Waals surface area contributed by atoms with Gasteiger partial charge in [0, 0.05) is 12.6 Å². The standard InChI is InChI=1S/C9H17N.C2H6.2ClH/c1-4-9-5-8(9)6-10(3)7(9)2;1-2;;/h7-8H,4-6H2,1-3H3;1-2H3;2*1H/t7-,8?,9+;;;/m1.../s1. The predicted molar refractivity (Wildman–Crippen MR) is 68.8 cm³/mol. The lowest BCUT2D eigenvalue weighted by molar-refractivity contribution is 0.234. The van der Waals surface area contributed by atoms with Crippen molar-refractivity contribution >= 4 is 24.8 Å². The molecule has 3 atom stereocenters. The summed E-state index contributed by atoms with van der Waals surface area (Å²) in [6, 6.07) is 0.850. The van der Waals surface area contributed by atoms with Crippen LogP contribution >= 0.6 is 24.8 Å². The van der Waals surface area contributed by atoms with Gasteiger partial charge in [0.05, 0.1) is 0 Å². The van der Waals surface area contributed by atoms with Gasteiger partial charge in [0.25, 0.3) is 0 Å². The number of rotatable bonds is 1. The van der Waals surface area contributed by atoms with Gasteiger partial charge in [-0.15, -0.1) is 24.8 Å². The van der Waals surface area contributed by atoms with Crippen LogP contribution in [0, 0.1) is 11.3 Å². The molecule has 2 fully saturated rings. The minimum Gasteiger partial charge on any atom is -0.303 e. The zero-order chi connectivity index (χ0) is 9.35. The van der Waals surface area contributed by atoms with Gasteiger partial charge in [-0.05, 0) is 38.1 Å². The van der Waals surface area contributed by atoms with Gasteiger partial charge in [-0.25, -0.2) is 0 Å². The molecule has 1 nitrogen and oxygen atoms in total. The smallest absolute Gasteiger partial charge is 0.0124 e. The van der Waals surface area contributed by atoms with Crippen molar-refractivity contribution in [2.45, 2.75) is 46.6 Å². The van der Waals surface area contributed by atoms with E-state index in [1.54, 1.807) is 0 Å². The number of fused-ring (bicyclic) bond motifs is 1. The van der Waals surface area contributed by atoms with E-state index in [4.69, 9.17) is 0 Å². The molecule has 1 unspecified atom stereocenters. The molecule has 0 N–H and O–H groups in total. The second kappa shape index (κ2) is 6.19. The van der Waals surface area contributed by atoms with E-state index in [9.17, 15) is 0 Å². The SMILES string of the molecule is CC.CC[C@@]12CC1CN(C)[C@@H]2C.Cl.Cl. The first kappa shape index (κ1) is 17.0. The Morgan fingerprint density at radius 3 is 2.00 bits per heavy atom. The number of halogens is 2. The van der Waals surface area contributed by atoms with Crippen molar-refractivity contribution in [1.82, 2.24) is 4.90 Å². The van der Waals surface area contributed by atoms with Crippen molar-refractivity contribution in [2.75, 3.05) is 13.6 Å². The van der Waals surface area contributed by atoms with Crippen molar-refractivity contribution < 1.29 is 0 Å². The van der Waals surface area contributed by atoms with Crippen molar-refractivity contribution in [1.29, 1.82) is 0 Å². The lowest BCUT2D eigenvalue weighted by Crippen LogP contribution is -2.30. The second-order valence-electron chi connectivity index (χ2n) is 4.10. The number of nitrogens with zero attached hydrogens (tertiary/aromatic N) is 1. The first-order chi connectivity index (χ1) is 5.70. The molecule has 88 valence electrons. The number of hydrogen-bond acceptors (Lipinski definition) is 1. The third-order valence-corrected chi connectivity index (χ3v) is 3.94. The van der Waals surface area contributed by atoms with Crippen LogP contribution in [0.4, 0.5) is 0 Å². The molecule has 0 aromatic rings. The molecule has 3 heteroatoms. The van der Waals surface area contributed by atoms with Gasteiger partial charge in [-0.1, -0.05) is 20.8 Å². The number of hydrogen-bond donors (Lipinski definition) is 0. The van der Waals surface area contributed by atoms with E-state index < -0.39 is 0 Å². The summed E-state index contributed by atoms with van der Waals surface area (Å²) in [7, 11) is 2.26. The van der Waals surface area contributed by atoms with Gasteiger partial charge >= 0.3 is 0 Å². The van der Waals surface area contributed by atoms with Gasteiger partial charge < -0.3 is 4.90 Å². The van der Waals surface area contributed by atoms with E-state index in [0.717, 1.165) is 17.4 Å². The summed E-state index contributed by atoms with van der Waals surface area (Å²) in [5, 5.41) is 0. The Bertz CT molecular complexity index is 159. The highest BCUT2D eigenvalue weighted by atomic mass is 35.5. The largest absolute Gasteiger partial charge is 0.303 e. The van der Waals surface area contributed by atoms with Crippen LogP contribution in [0.2, 0.25) is 0 Å². The topological polar surface area (TPSA) is 3.24 Å². The lowest BCUT2D eigenvalue weighted by Gasteiger charge is -2.24. The fraction of sp³-hybridized carbons (Fsp3) is 1.00. The molecule has 0 bridgehead atoms. The van der Waals surface area contributed by atoms with Crippen LogP contribution in [0.25, 0.3) is 0 Å². The Morgan fingerprint density at radius 1 is 1.29 bits per heavy atom. The van der Waals surface area contributed by atoms with Crippen LogP contribution in [-0.4, -0.2) is 24.5 Å². The second-order valence-corrected chi connectivity index (χ2v) is 4.10. The zero-order valence-electron chi connectivity index (χ0n) is 10.0. The van der Waals surface area contributed by atoms with Crippen LogP contribution < -0.4 is 0 Å². The normalized spacial score (nSPS) is 38.4. The number of likely N-dealkylation sites (tertiary alicyclic amines) is 1. The highest BCUT2D eigenvalue weighted by Crippen LogP contribution is 2.62. The number of piperidine rings is 1. The molecule has 1 heterocycles. The third kappa shape index (κ3) is 2.37. The van der Waals surface area contributed by atoms with E-state index in [-0.39, 0.29) is 24.8 Å². The summed E-state index contributed by atoms with van der Waals surface area (Å²) in [6.45, 7) is 10.1. The fourth-order valence-corrected chi connectivity index (χ4v) is 2.83. The quantitative estimate of drug-likeness (QED) is 0.679. The van der Waals surface area contributed by atoms with Gasteiger partial charge in [-0.2, -0.15) is 0 Å². The van der Waals surface area contributed by atoms with Gasteiger partial charge in [0.2, 0.25) is 0 Å². The molecule has 2 aliphatic rings. The Hall–Kier alpha value is 0.540. The molecular formula is C11H25Cl2N. The Labute approximate surface area is 101 Å². The molecule has 0 amide bonds. The first-order valence-electron chi connectivity index (χ1n) is 5.41. The summed E-state index contributed by atoms with van der Waals surface area (Å²) in [5.41, 5.74) is 0.759. The molecule has 1 aliphatic heterocycles. The van der Waals surface area contributed by atoms with Gasteiger partial charge in [-0.3, -0.25) is 0 Å². The monoisotopic (exact) mass is 241 g/mol. The molecule has 0 radical (unpaired) electrons. The summed E-state index contributed by atoms with van der Waals surface area (Å²) in [6.07, 6.45) is 2.90. The minimum atomic E-state index is 0. The lowest BCUT2D eigenvalue weighted by atomic mass is 9.95. The highest BCUT2D eigenvalue weighted by Gasteiger charge is 2.61. The Balaban J connectivity index is 0. The van der Waals surface area contributed by atoms with E-state index in [1.807, 2.05) is 13.8 Å². The van der Waals surface area contributed by atoms with Crippen molar-refractivity contribution in [3.8, 4) is 0 Å². The van der Waals surface area contributed by atoms with Crippen LogP contribution in [0.15, 0.2) is 0 Å². The van der Waals surface area contributed by atoms with Crippen LogP contribution in [0.5, 0.6) is 0 Å². The van der Waals surface area contributed by atoms with E-state index in [0.29, 0.717) is 0 Å². The molecule has 0 aromatic carbocycles. The molecule has 14 heavy (non-hydrogen) atoms. The molecule has 1 saturated heterocycles. The van der Waals surface area contributed by atoms with Gasteiger partial charge in [0.15, 0.2) is 0 Å². The van der Waals surface area contributed by atoms with Crippen LogP contribution in [0.3, 0.4) is 0 Å². The highest BCUT2D eigenvalue weighted by molar-refractivity contribution is 5.85. The predicted octanol–water partition coefficient (Wildman–Crippen LogP) is 3.61. The van der Waals surface area contributed by atoms with Crippen molar-refractivity contribution in [2.24, 2.45) is 11.3 Å². The molecule has 1 saturated carbocycles. The molecule has 0 aromatic heterocycles. The van der Waals surface area contributed by atoms with Crippen LogP contribution in [-0.2, 0) is 0 Å². The van der Waals surface area contributed by atoms with Crippen LogP contribution in [0.1, 0.15) is 40.5 Å². The maximum Gasteiger partial charge on any atom is 0.0124 e. The van der Waals surface area contributed by atoms with Crippen molar-refractivity contribution in [3.63, 3.8) is 0 Å². The zero-order valence-corrected chi connectivity index (χ0v) is 11.7. The van der Waals surface area contributed by atoms with E-state index in [1.165, 1.54) is 19.4 Å².